The lowest BCUT2D eigenvalue weighted by atomic mass is 9.91. The number of rotatable bonds is 11. The standard InChI is InChI=1S/C42H39N3O5S/c1-27-38(26-51-39-14-8-7-13-37(39)48-2)49-42(50-40(27)30-17-15-28(25-46)16-18-30)31-21-19-29(20-22-31)33-10-4-3-9-32(33)23-44-41(47)36-24-43-34-11-5-6-12-35(34)45-36/h3-22,24,27,38,40,42,46H,23,25-26H2,1-2H3,(H,44,47). The third-order valence-electron chi connectivity index (χ3n) is 9.23. The van der Waals surface area contributed by atoms with Crippen molar-refractivity contribution in [2.75, 3.05) is 12.9 Å². The van der Waals surface area contributed by atoms with Crippen LogP contribution in [0.25, 0.3) is 22.2 Å². The smallest absolute Gasteiger partial charge is 0.271 e. The van der Waals surface area contributed by atoms with Crippen molar-refractivity contribution in [3.63, 3.8) is 0 Å². The van der Waals surface area contributed by atoms with E-state index in [1.165, 1.54) is 6.20 Å². The molecule has 1 saturated heterocycles. The molecule has 9 heteroatoms. The van der Waals surface area contributed by atoms with Crippen molar-refractivity contribution in [2.45, 2.75) is 43.5 Å². The van der Waals surface area contributed by atoms with Gasteiger partial charge in [-0.15, -0.1) is 11.8 Å². The molecule has 1 aromatic heterocycles. The summed E-state index contributed by atoms with van der Waals surface area (Å²) in [7, 11) is 1.69. The molecule has 0 saturated carbocycles. The van der Waals surface area contributed by atoms with Gasteiger partial charge in [0.1, 0.15) is 11.4 Å². The van der Waals surface area contributed by atoms with Gasteiger partial charge in [0.05, 0.1) is 43.2 Å². The lowest BCUT2D eigenvalue weighted by molar-refractivity contribution is -0.268. The molecule has 258 valence electrons. The van der Waals surface area contributed by atoms with E-state index in [2.05, 4.69) is 46.5 Å². The van der Waals surface area contributed by atoms with Crippen molar-refractivity contribution in [2.24, 2.45) is 5.92 Å². The molecular weight excluding hydrogens is 659 g/mol. The maximum Gasteiger partial charge on any atom is 0.271 e. The number of fused-ring (bicyclic) bond motifs is 1. The molecule has 4 atom stereocenters. The van der Waals surface area contributed by atoms with Crippen molar-refractivity contribution in [3.05, 3.63) is 155 Å². The SMILES string of the molecule is COc1ccccc1SCC1OC(c2ccc(-c3ccccc3CNC(=O)c3cnc4ccccc4n3)cc2)OC(c2ccc(CO)cc2)C1C. The second-order valence-corrected chi connectivity index (χ2v) is 13.6. The molecule has 0 bridgehead atoms. The first kappa shape index (κ1) is 34.4. The highest BCUT2D eigenvalue weighted by Gasteiger charge is 2.38. The lowest BCUT2D eigenvalue weighted by Gasteiger charge is -2.41. The first-order chi connectivity index (χ1) is 25.0. The highest BCUT2D eigenvalue weighted by molar-refractivity contribution is 7.99. The zero-order chi connectivity index (χ0) is 35.2. The first-order valence-electron chi connectivity index (χ1n) is 17.0. The van der Waals surface area contributed by atoms with Gasteiger partial charge in [0, 0.05) is 28.7 Å². The quantitative estimate of drug-likeness (QED) is 0.130. The summed E-state index contributed by atoms with van der Waals surface area (Å²) in [5.41, 5.74) is 7.52. The predicted molar refractivity (Wildman–Crippen MR) is 199 cm³/mol. The third kappa shape index (κ3) is 7.82. The molecule has 0 spiro atoms. The molecule has 51 heavy (non-hydrogen) atoms. The average molecular weight is 698 g/mol. The minimum atomic E-state index is -0.585. The Morgan fingerprint density at radius 2 is 1.55 bits per heavy atom. The maximum absolute atomic E-state index is 13.0. The Morgan fingerprint density at radius 1 is 0.843 bits per heavy atom. The second-order valence-electron chi connectivity index (χ2n) is 12.5. The van der Waals surface area contributed by atoms with Crippen molar-refractivity contribution < 1.29 is 24.1 Å². The molecule has 0 aliphatic carbocycles. The summed E-state index contributed by atoms with van der Waals surface area (Å²) >= 11 is 1.71. The van der Waals surface area contributed by atoms with Crippen LogP contribution in [0, 0.1) is 5.92 Å². The Bertz CT molecular complexity index is 2110. The minimum absolute atomic E-state index is 0.00769. The molecule has 1 fully saturated rings. The van der Waals surface area contributed by atoms with Crippen LogP contribution in [0.1, 0.15) is 52.1 Å². The monoisotopic (exact) mass is 697 g/mol. The molecule has 1 amide bonds. The molecule has 4 unspecified atom stereocenters. The Labute approximate surface area is 301 Å². The van der Waals surface area contributed by atoms with Gasteiger partial charge in [-0.3, -0.25) is 9.78 Å². The molecule has 2 N–H and O–H groups in total. The van der Waals surface area contributed by atoms with Gasteiger partial charge in [-0.05, 0) is 52.1 Å². The molecule has 0 radical (unpaired) electrons. The van der Waals surface area contributed by atoms with Gasteiger partial charge in [0.15, 0.2) is 6.29 Å². The fourth-order valence-electron chi connectivity index (χ4n) is 6.33. The van der Waals surface area contributed by atoms with Crippen molar-refractivity contribution in [1.29, 1.82) is 0 Å². The molecule has 2 heterocycles. The lowest BCUT2D eigenvalue weighted by Crippen LogP contribution is -2.38. The van der Waals surface area contributed by atoms with Gasteiger partial charge in [-0.1, -0.05) is 104 Å². The van der Waals surface area contributed by atoms with E-state index in [-0.39, 0.29) is 36.3 Å². The van der Waals surface area contributed by atoms with E-state index in [0.717, 1.165) is 49.5 Å². The number of para-hydroxylation sites is 3. The summed E-state index contributed by atoms with van der Waals surface area (Å²) in [4.78, 5) is 23.0. The van der Waals surface area contributed by atoms with Crippen LogP contribution in [0.4, 0.5) is 0 Å². The summed E-state index contributed by atoms with van der Waals surface area (Å²) in [6.45, 7) is 2.49. The summed E-state index contributed by atoms with van der Waals surface area (Å²) in [6, 6.07) is 39.7. The largest absolute Gasteiger partial charge is 0.496 e. The van der Waals surface area contributed by atoms with Gasteiger partial charge < -0.3 is 24.6 Å². The van der Waals surface area contributed by atoms with Gasteiger partial charge >= 0.3 is 0 Å². The third-order valence-corrected chi connectivity index (χ3v) is 10.4. The minimum Gasteiger partial charge on any atom is -0.496 e. The van der Waals surface area contributed by atoms with Gasteiger partial charge in [-0.25, -0.2) is 4.98 Å². The summed E-state index contributed by atoms with van der Waals surface area (Å²) in [6.07, 6.45) is 0.599. The zero-order valence-electron chi connectivity index (χ0n) is 28.4. The van der Waals surface area contributed by atoms with Crippen LogP contribution < -0.4 is 10.1 Å². The number of aromatic nitrogens is 2. The number of ether oxygens (including phenoxy) is 3. The van der Waals surface area contributed by atoms with E-state index in [1.807, 2.05) is 97.1 Å². The summed E-state index contributed by atoms with van der Waals surface area (Å²) in [5, 5.41) is 12.6. The zero-order valence-corrected chi connectivity index (χ0v) is 29.3. The van der Waals surface area contributed by atoms with Gasteiger partial charge in [0.25, 0.3) is 5.91 Å². The van der Waals surface area contributed by atoms with E-state index in [0.29, 0.717) is 17.8 Å². The molecular formula is C42H39N3O5S. The van der Waals surface area contributed by atoms with Crippen molar-refractivity contribution in [3.8, 4) is 16.9 Å². The number of aliphatic hydroxyl groups excluding tert-OH is 1. The molecule has 6 aromatic rings. The molecule has 8 nitrogen and oxygen atoms in total. The Kier molecular flexibility index (Phi) is 10.7. The number of methoxy groups -OCH3 is 1. The van der Waals surface area contributed by atoms with E-state index < -0.39 is 6.29 Å². The van der Waals surface area contributed by atoms with Crippen LogP contribution in [0.2, 0.25) is 0 Å². The number of nitrogens with zero attached hydrogens (tertiary/aromatic N) is 2. The van der Waals surface area contributed by atoms with E-state index >= 15 is 0 Å². The number of thioether (sulfide) groups is 1. The van der Waals surface area contributed by atoms with Gasteiger partial charge in [-0.2, -0.15) is 0 Å². The first-order valence-corrected chi connectivity index (χ1v) is 17.9. The summed E-state index contributed by atoms with van der Waals surface area (Å²) < 4.78 is 19.0. The fourth-order valence-corrected chi connectivity index (χ4v) is 7.52. The van der Waals surface area contributed by atoms with Crippen LogP contribution in [0.3, 0.4) is 0 Å². The van der Waals surface area contributed by atoms with Crippen molar-refractivity contribution in [1.82, 2.24) is 15.3 Å². The Morgan fingerprint density at radius 3 is 2.33 bits per heavy atom. The predicted octanol–water partition coefficient (Wildman–Crippen LogP) is 8.31. The summed E-state index contributed by atoms with van der Waals surface area (Å²) in [5.74, 6) is 1.34. The number of benzene rings is 5. The topological polar surface area (TPSA) is 103 Å². The molecule has 1 aliphatic rings. The van der Waals surface area contributed by atoms with Crippen LogP contribution in [-0.2, 0) is 22.6 Å². The maximum atomic E-state index is 13.0. The highest BCUT2D eigenvalue weighted by Crippen LogP contribution is 2.44. The van der Waals surface area contributed by atoms with Crippen LogP contribution in [0.15, 0.2) is 132 Å². The number of nitrogens with one attached hydrogen (secondary N) is 1. The Balaban J connectivity index is 1.09. The number of aliphatic hydroxyl groups is 1. The number of carbonyl (C=O) groups excluding carboxylic acids is 1. The van der Waals surface area contributed by atoms with E-state index in [1.54, 1.807) is 18.9 Å². The molecule has 5 aromatic carbocycles. The van der Waals surface area contributed by atoms with Crippen LogP contribution >= 0.6 is 11.8 Å². The van der Waals surface area contributed by atoms with E-state index in [9.17, 15) is 9.90 Å². The number of hydrogen-bond acceptors (Lipinski definition) is 8. The molecule has 1 aliphatic heterocycles. The number of hydrogen-bond donors (Lipinski definition) is 2. The number of carbonyl (C=O) groups is 1. The normalized spacial score (nSPS) is 18.7. The van der Waals surface area contributed by atoms with Crippen molar-refractivity contribution >= 4 is 28.7 Å². The average Bonchev–Trinajstić information content (AvgIpc) is 3.19. The fraction of sp³-hybridized carbons (Fsp3) is 0.214. The Hall–Kier alpha value is -5.06. The highest BCUT2D eigenvalue weighted by atomic mass is 32.2. The molecule has 7 rings (SSSR count). The van der Waals surface area contributed by atoms with Crippen LogP contribution in [0.5, 0.6) is 5.75 Å². The van der Waals surface area contributed by atoms with E-state index in [4.69, 9.17) is 14.2 Å². The van der Waals surface area contributed by atoms with Crippen LogP contribution in [-0.4, -0.2) is 39.9 Å². The second kappa shape index (κ2) is 15.9. The van der Waals surface area contributed by atoms with Gasteiger partial charge in [0.2, 0.25) is 0 Å². The number of amides is 1.